The summed E-state index contributed by atoms with van der Waals surface area (Å²) in [6.07, 6.45) is 4.24. The molecular formula is C14H20N2O3. The second kappa shape index (κ2) is 6.52. The summed E-state index contributed by atoms with van der Waals surface area (Å²) in [4.78, 5) is 10.6. The van der Waals surface area contributed by atoms with Gasteiger partial charge < -0.3 is 10.1 Å². The molecule has 1 fully saturated rings. The van der Waals surface area contributed by atoms with Gasteiger partial charge in [-0.25, -0.2) is 0 Å². The van der Waals surface area contributed by atoms with E-state index in [1.165, 1.54) is 6.07 Å². The number of nitro groups is 1. The van der Waals surface area contributed by atoms with Gasteiger partial charge in [0, 0.05) is 18.7 Å². The zero-order valence-corrected chi connectivity index (χ0v) is 11.2. The van der Waals surface area contributed by atoms with Crippen molar-refractivity contribution in [1.29, 1.82) is 0 Å². The third-order valence-electron chi connectivity index (χ3n) is 3.44. The van der Waals surface area contributed by atoms with Crippen LogP contribution in [0.2, 0.25) is 0 Å². The summed E-state index contributed by atoms with van der Waals surface area (Å²) < 4.78 is 5.69. The Hall–Kier alpha value is -1.62. The first kappa shape index (κ1) is 13.8. The maximum atomic E-state index is 11.0. The van der Waals surface area contributed by atoms with Gasteiger partial charge in [-0.15, -0.1) is 0 Å². The molecular weight excluding hydrogens is 244 g/mol. The summed E-state index contributed by atoms with van der Waals surface area (Å²) in [6, 6.07) is 7.06. The van der Waals surface area contributed by atoms with Crippen molar-refractivity contribution in [3.05, 3.63) is 34.4 Å². The van der Waals surface area contributed by atoms with Crippen molar-refractivity contribution < 1.29 is 9.66 Å². The number of hydrogen-bond donors (Lipinski definition) is 1. The Morgan fingerprint density at radius 2 is 2.26 bits per heavy atom. The van der Waals surface area contributed by atoms with Crippen molar-refractivity contribution >= 4 is 11.4 Å². The molecule has 19 heavy (non-hydrogen) atoms. The molecule has 104 valence electrons. The molecule has 0 spiro atoms. The highest BCUT2D eigenvalue weighted by molar-refractivity contribution is 5.61. The number of ether oxygens (including phenoxy) is 1. The molecule has 1 heterocycles. The molecule has 0 aliphatic carbocycles. The van der Waals surface area contributed by atoms with Crippen LogP contribution in [0.4, 0.5) is 11.4 Å². The van der Waals surface area contributed by atoms with Crippen molar-refractivity contribution in [1.82, 2.24) is 0 Å². The van der Waals surface area contributed by atoms with Crippen molar-refractivity contribution in [2.75, 3.05) is 11.9 Å². The normalized spacial score (nSPS) is 23.0. The molecule has 0 bridgehead atoms. The highest BCUT2D eigenvalue weighted by atomic mass is 16.6. The Morgan fingerprint density at radius 1 is 1.47 bits per heavy atom. The third kappa shape index (κ3) is 3.67. The number of rotatable bonds is 5. The summed E-state index contributed by atoms with van der Waals surface area (Å²) >= 11 is 0. The fraction of sp³-hybridized carbons (Fsp3) is 0.571. The highest BCUT2D eigenvalue weighted by Crippen LogP contribution is 2.27. The standard InChI is InChI=1S/C14H20N2O3/c1-2-5-12-10-11(8-9-19-12)15-13-6-3-4-7-14(13)16(17)18/h3-4,6-7,11-12,15H,2,5,8-10H2,1H3. The van der Waals surface area contributed by atoms with Crippen LogP contribution in [0.25, 0.3) is 0 Å². The summed E-state index contributed by atoms with van der Waals surface area (Å²) in [5.74, 6) is 0. The Labute approximate surface area is 113 Å². The molecule has 1 aliphatic heterocycles. The first-order chi connectivity index (χ1) is 9.20. The monoisotopic (exact) mass is 264 g/mol. The van der Waals surface area contributed by atoms with Crippen molar-refractivity contribution in [3.63, 3.8) is 0 Å². The average molecular weight is 264 g/mol. The molecule has 0 radical (unpaired) electrons. The van der Waals surface area contributed by atoms with E-state index in [4.69, 9.17) is 4.74 Å². The molecule has 0 aromatic heterocycles. The lowest BCUT2D eigenvalue weighted by atomic mass is 10.00. The van der Waals surface area contributed by atoms with E-state index in [1.807, 2.05) is 6.07 Å². The Morgan fingerprint density at radius 3 is 3.00 bits per heavy atom. The van der Waals surface area contributed by atoms with Crippen molar-refractivity contribution in [3.8, 4) is 0 Å². The molecule has 2 atom stereocenters. The van der Waals surface area contributed by atoms with Gasteiger partial charge in [0.1, 0.15) is 5.69 Å². The lowest BCUT2D eigenvalue weighted by Gasteiger charge is -2.30. The topological polar surface area (TPSA) is 64.4 Å². The van der Waals surface area contributed by atoms with Crippen LogP contribution in [0.1, 0.15) is 32.6 Å². The number of para-hydroxylation sites is 2. The van der Waals surface area contributed by atoms with E-state index in [0.29, 0.717) is 5.69 Å². The minimum atomic E-state index is -0.342. The maximum Gasteiger partial charge on any atom is 0.292 e. The Bertz CT molecular complexity index is 434. The van der Waals surface area contributed by atoms with E-state index in [0.717, 1.165) is 32.3 Å². The third-order valence-corrected chi connectivity index (χ3v) is 3.44. The van der Waals surface area contributed by atoms with Crippen LogP contribution < -0.4 is 5.32 Å². The van der Waals surface area contributed by atoms with Gasteiger partial charge in [0.25, 0.3) is 5.69 Å². The lowest BCUT2D eigenvalue weighted by Crippen LogP contribution is -2.34. The van der Waals surface area contributed by atoms with E-state index in [2.05, 4.69) is 12.2 Å². The minimum Gasteiger partial charge on any atom is -0.378 e. The van der Waals surface area contributed by atoms with Gasteiger partial charge in [-0.1, -0.05) is 25.5 Å². The van der Waals surface area contributed by atoms with Crippen LogP contribution in [0.3, 0.4) is 0 Å². The molecule has 1 aromatic carbocycles. The van der Waals surface area contributed by atoms with Crippen LogP contribution >= 0.6 is 0 Å². The van der Waals surface area contributed by atoms with Crippen molar-refractivity contribution in [2.45, 2.75) is 44.8 Å². The first-order valence-corrected chi connectivity index (χ1v) is 6.82. The summed E-state index contributed by atoms with van der Waals surface area (Å²) in [7, 11) is 0. The van der Waals surface area contributed by atoms with Gasteiger partial charge in [-0.2, -0.15) is 0 Å². The molecule has 1 aromatic rings. The molecule has 1 aliphatic rings. The number of nitrogens with one attached hydrogen (secondary N) is 1. The molecule has 1 N–H and O–H groups in total. The fourth-order valence-electron chi connectivity index (χ4n) is 2.51. The van der Waals surface area contributed by atoms with E-state index >= 15 is 0 Å². The predicted octanol–water partition coefficient (Wildman–Crippen LogP) is 3.35. The van der Waals surface area contributed by atoms with Gasteiger partial charge in [0.15, 0.2) is 0 Å². The summed E-state index contributed by atoms with van der Waals surface area (Å²) in [6.45, 7) is 2.87. The molecule has 0 saturated carbocycles. The number of benzene rings is 1. The SMILES string of the molecule is CCCC1CC(Nc2ccccc2[N+](=O)[O-])CCO1. The van der Waals surface area contributed by atoms with Gasteiger partial charge >= 0.3 is 0 Å². The predicted molar refractivity (Wildman–Crippen MR) is 74.4 cm³/mol. The van der Waals surface area contributed by atoms with E-state index < -0.39 is 0 Å². The zero-order chi connectivity index (χ0) is 13.7. The fourth-order valence-corrected chi connectivity index (χ4v) is 2.51. The molecule has 5 heteroatoms. The summed E-state index contributed by atoms with van der Waals surface area (Å²) in [5, 5.41) is 14.3. The second-order valence-electron chi connectivity index (χ2n) is 4.92. The van der Waals surface area contributed by atoms with Gasteiger partial charge in [0.05, 0.1) is 11.0 Å². The van der Waals surface area contributed by atoms with Gasteiger partial charge in [-0.05, 0) is 25.3 Å². The molecule has 0 amide bonds. The van der Waals surface area contributed by atoms with E-state index in [-0.39, 0.29) is 22.8 Å². The molecule has 2 unspecified atom stereocenters. The van der Waals surface area contributed by atoms with Crippen LogP contribution in [-0.4, -0.2) is 23.7 Å². The lowest BCUT2D eigenvalue weighted by molar-refractivity contribution is -0.384. The largest absolute Gasteiger partial charge is 0.378 e. The van der Waals surface area contributed by atoms with Gasteiger partial charge in [0.2, 0.25) is 0 Å². The van der Waals surface area contributed by atoms with E-state index in [1.54, 1.807) is 12.1 Å². The van der Waals surface area contributed by atoms with Crippen LogP contribution in [0.5, 0.6) is 0 Å². The number of nitro benzene ring substituents is 1. The zero-order valence-electron chi connectivity index (χ0n) is 11.2. The van der Waals surface area contributed by atoms with Crippen LogP contribution in [-0.2, 0) is 4.74 Å². The maximum absolute atomic E-state index is 11.0. The molecule has 5 nitrogen and oxygen atoms in total. The number of nitrogens with zero attached hydrogens (tertiary/aromatic N) is 1. The van der Waals surface area contributed by atoms with Crippen LogP contribution in [0, 0.1) is 10.1 Å². The second-order valence-corrected chi connectivity index (χ2v) is 4.92. The minimum absolute atomic E-state index is 0.140. The van der Waals surface area contributed by atoms with Crippen LogP contribution in [0.15, 0.2) is 24.3 Å². The Balaban J connectivity index is 2.02. The highest BCUT2D eigenvalue weighted by Gasteiger charge is 2.23. The molecule has 1 saturated heterocycles. The molecule has 2 rings (SSSR count). The first-order valence-electron chi connectivity index (χ1n) is 6.82. The van der Waals surface area contributed by atoms with Gasteiger partial charge in [-0.3, -0.25) is 10.1 Å². The smallest absolute Gasteiger partial charge is 0.292 e. The Kier molecular flexibility index (Phi) is 4.74. The average Bonchev–Trinajstić information content (AvgIpc) is 2.40. The quantitative estimate of drug-likeness (QED) is 0.654. The van der Waals surface area contributed by atoms with E-state index in [9.17, 15) is 10.1 Å². The summed E-state index contributed by atoms with van der Waals surface area (Å²) in [5.41, 5.74) is 0.746. The number of anilines is 1. The number of hydrogen-bond acceptors (Lipinski definition) is 4. The van der Waals surface area contributed by atoms with Crippen molar-refractivity contribution in [2.24, 2.45) is 0 Å².